The van der Waals surface area contributed by atoms with E-state index < -0.39 is 13.3 Å². The molecule has 1 rings (SSSR count). The minimum Gasteiger partial charge on any atom is -0.324 e. The van der Waals surface area contributed by atoms with E-state index in [-0.39, 0.29) is 24.8 Å². The molecule has 2 N–H and O–H groups in total. The summed E-state index contributed by atoms with van der Waals surface area (Å²) in [6, 6.07) is 0. The molecule has 2 atom stereocenters. The largest absolute Gasteiger partial charge is 0.328 e. The number of hydrogen-bond acceptors (Lipinski definition) is 3. The number of unbranched alkanes of at least 4 members (excludes halogenated alkanes) is 1. The predicted octanol–water partition coefficient (Wildman–Crippen LogP) is 1.52. The molecule has 0 aromatic carbocycles. The van der Waals surface area contributed by atoms with Gasteiger partial charge < -0.3 is 9.79 Å². The van der Waals surface area contributed by atoms with Gasteiger partial charge in [-0.3, -0.25) is 14.2 Å². The smallest absolute Gasteiger partial charge is 0.324 e. The van der Waals surface area contributed by atoms with E-state index >= 15 is 0 Å². The number of hydrogen-bond donors (Lipinski definition) is 2. The summed E-state index contributed by atoms with van der Waals surface area (Å²) < 4.78 is 11.3. The zero-order chi connectivity index (χ0) is 13.8. The van der Waals surface area contributed by atoms with Crippen molar-refractivity contribution in [2.75, 3.05) is 13.2 Å². The molecule has 0 bridgehead atoms. The molecule has 0 radical (unpaired) electrons. The van der Waals surface area contributed by atoms with Gasteiger partial charge in [-0.25, -0.2) is 5.06 Å². The van der Waals surface area contributed by atoms with Gasteiger partial charge in [-0.1, -0.05) is 26.7 Å². The Kier molecular flexibility index (Phi) is 5.79. The van der Waals surface area contributed by atoms with E-state index in [9.17, 15) is 19.1 Å². The first kappa shape index (κ1) is 15.6. The first-order valence-electron chi connectivity index (χ1n) is 6.35. The molecule has 1 amide bonds. The zero-order valence-corrected chi connectivity index (χ0v) is 11.8. The maximum absolute atomic E-state index is 11.6. The molecule has 18 heavy (non-hydrogen) atoms. The van der Waals surface area contributed by atoms with Crippen molar-refractivity contribution in [2.45, 2.75) is 45.2 Å². The minimum absolute atomic E-state index is 0.102. The summed E-state index contributed by atoms with van der Waals surface area (Å²) in [6.45, 7) is 4.36. The fourth-order valence-corrected chi connectivity index (χ4v) is 2.91. The van der Waals surface area contributed by atoms with Crippen molar-refractivity contribution >= 4 is 13.5 Å². The summed E-state index contributed by atoms with van der Waals surface area (Å²) in [5, 5.41) is 1.24. The number of carbonyl (C=O) groups excluding carboxylic acids is 1. The van der Waals surface area contributed by atoms with E-state index in [0.717, 1.165) is 12.8 Å². The molecule has 1 saturated heterocycles. The number of rotatable bonds is 7. The average Bonchev–Trinajstić information content (AvgIpc) is 2.59. The zero-order valence-electron chi connectivity index (χ0n) is 10.9. The highest BCUT2D eigenvalue weighted by Crippen LogP contribution is 2.45. The summed E-state index contributed by atoms with van der Waals surface area (Å²) in [5.41, 5.74) is -0.676. The number of amides is 1. The van der Waals surface area contributed by atoms with Gasteiger partial charge in [-0.15, -0.1) is 0 Å². The fraction of sp³-hybridized carbons (Fsp3) is 0.909. The number of carbonyl (C=O) groups is 1. The third-order valence-electron chi connectivity index (χ3n) is 3.18. The van der Waals surface area contributed by atoms with Crippen LogP contribution in [0.4, 0.5) is 0 Å². The molecule has 1 heterocycles. The fourth-order valence-electron chi connectivity index (χ4n) is 1.94. The Morgan fingerprint density at radius 2 is 2.17 bits per heavy atom. The standard InChI is InChI=1S/C11H22NO5P/c1-3-4-5-10(18(14,15)16)6-7-12-11(13)9(2)8-17-12/h9-10H,3-8H2,1-2H3,(H2,14,15,16). The molecule has 0 saturated carbocycles. The molecule has 0 aromatic heterocycles. The van der Waals surface area contributed by atoms with Crippen molar-refractivity contribution in [2.24, 2.45) is 5.92 Å². The van der Waals surface area contributed by atoms with Gasteiger partial charge in [0.1, 0.15) is 0 Å². The van der Waals surface area contributed by atoms with Crippen LogP contribution in [0.1, 0.15) is 39.5 Å². The Morgan fingerprint density at radius 1 is 1.50 bits per heavy atom. The molecular formula is C11H22NO5P. The van der Waals surface area contributed by atoms with Crippen LogP contribution in [-0.4, -0.2) is 39.6 Å². The molecular weight excluding hydrogens is 257 g/mol. The van der Waals surface area contributed by atoms with E-state index in [2.05, 4.69) is 0 Å². The number of hydroxylamine groups is 2. The quantitative estimate of drug-likeness (QED) is 0.690. The van der Waals surface area contributed by atoms with Crippen molar-refractivity contribution in [3.05, 3.63) is 0 Å². The van der Waals surface area contributed by atoms with Gasteiger partial charge in [0.05, 0.1) is 18.2 Å². The molecule has 7 heteroatoms. The van der Waals surface area contributed by atoms with E-state index in [1.165, 1.54) is 5.06 Å². The highest BCUT2D eigenvalue weighted by molar-refractivity contribution is 7.52. The van der Waals surface area contributed by atoms with Crippen LogP contribution >= 0.6 is 7.60 Å². The van der Waals surface area contributed by atoms with Crippen LogP contribution in [0.5, 0.6) is 0 Å². The lowest BCUT2D eigenvalue weighted by Crippen LogP contribution is -2.29. The Hall–Kier alpha value is -0.420. The highest BCUT2D eigenvalue weighted by Gasteiger charge is 2.33. The predicted molar refractivity (Wildman–Crippen MR) is 66.8 cm³/mol. The Morgan fingerprint density at radius 3 is 2.61 bits per heavy atom. The molecule has 0 aliphatic carbocycles. The maximum atomic E-state index is 11.6. The topological polar surface area (TPSA) is 87.1 Å². The summed E-state index contributed by atoms with van der Waals surface area (Å²) in [4.78, 5) is 35.3. The lowest BCUT2D eigenvalue weighted by atomic mass is 10.1. The molecule has 106 valence electrons. The first-order valence-corrected chi connectivity index (χ1v) is 8.04. The van der Waals surface area contributed by atoms with Gasteiger partial charge in [0.25, 0.3) is 5.91 Å². The van der Waals surface area contributed by atoms with E-state index in [0.29, 0.717) is 13.0 Å². The van der Waals surface area contributed by atoms with Crippen molar-refractivity contribution in [1.82, 2.24) is 5.06 Å². The van der Waals surface area contributed by atoms with Crippen molar-refractivity contribution in [1.29, 1.82) is 0 Å². The lowest BCUT2D eigenvalue weighted by Gasteiger charge is -2.21. The van der Waals surface area contributed by atoms with Crippen molar-refractivity contribution in [3.63, 3.8) is 0 Å². The van der Waals surface area contributed by atoms with Crippen molar-refractivity contribution in [3.8, 4) is 0 Å². The second-order valence-corrected chi connectivity index (χ2v) is 6.72. The molecule has 2 unspecified atom stereocenters. The third kappa shape index (κ3) is 4.35. The van der Waals surface area contributed by atoms with E-state index in [1.54, 1.807) is 6.92 Å². The first-order chi connectivity index (χ1) is 8.36. The summed E-state index contributed by atoms with van der Waals surface area (Å²) in [5.74, 6) is -0.260. The Bertz CT molecular complexity index is 329. The van der Waals surface area contributed by atoms with Gasteiger partial charge >= 0.3 is 7.60 Å². The van der Waals surface area contributed by atoms with Gasteiger partial charge in [0, 0.05) is 6.54 Å². The number of nitrogens with zero attached hydrogens (tertiary/aromatic N) is 1. The van der Waals surface area contributed by atoms with Crippen LogP contribution in [0.3, 0.4) is 0 Å². The van der Waals surface area contributed by atoms with Crippen LogP contribution < -0.4 is 0 Å². The second kappa shape index (κ2) is 6.66. The van der Waals surface area contributed by atoms with Gasteiger partial charge in [0.15, 0.2) is 0 Å². The Balaban J connectivity index is 2.47. The molecule has 1 aliphatic heterocycles. The lowest BCUT2D eigenvalue weighted by molar-refractivity contribution is -0.162. The normalized spacial score (nSPS) is 22.6. The van der Waals surface area contributed by atoms with Gasteiger partial charge in [0.2, 0.25) is 0 Å². The van der Waals surface area contributed by atoms with Crippen LogP contribution in [-0.2, 0) is 14.2 Å². The molecule has 0 aromatic rings. The van der Waals surface area contributed by atoms with E-state index in [4.69, 9.17) is 4.84 Å². The maximum Gasteiger partial charge on any atom is 0.328 e. The Labute approximate surface area is 107 Å². The second-order valence-electron chi connectivity index (χ2n) is 4.81. The molecule has 6 nitrogen and oxygen atoms in total. The highest BCUT2D eigenvalue weighted by atomic mass is 31.2. The molecule has 1 fully saturated rings. The van der Waals surface area contributed by atoms with Gasteiger partial charge in [-0.2, -0.15) is 0 Å². The molecule has 1 aliphatic rings. The average molecular weight is 279 g/mol. The van der Waals surface area contributed by atoms with Crippen LogP contribution in [0.2, 0.25) is 0 Å². The SMILES string of the molecule is CCCCC(CCN1OCC(C)C1=O)P(=O)(O)O. The summed E-state index contributed by atoms with van der Waals surface area (Å²) >= 11 is 0. The molecule has 0 spiro atoms. The monoisotopic (exact) mass is 279 g/mol. The minimum atomic E-state index is -4.09. The van der Waals surface area contributed by atoms with E-state index in [1.807, 2.05) is 6.92 Å². The van der Waals surface area contributed by atoms with Gasteiger partial charge in [-0.05, 0) is 12.8 Å². The third-order valence-corrected chi connectivity index (χ3v) is 4.65. The summed E-state index contributed by atoms with van der Waals surface area (Å²) in [7, 11) is -4.09. The van der Waals surface area contributed by atoms with Crippen molar-refractivity contribution < 1.29 is 24.0 Å². The van der Waals surface area contributed by atoms with Crippen LogP contribution in [0.15, 0.2) is 0 Å². The van der Waals surface area contributed by atoms with Crippen LogP contribution in [0.25, 0.3) is 0 Å². The summed E-state index contributed by atoms with van der Waals surface area (Å²) in [6.07, 6.45) is 2.44. The van der Waals surface area contributed by atoms with Crippen LogP contribution in [0, 0.1) is 5.92 Å².